The second kappa shape index (κ2) is 8.58. The summed E-state index contributed by atoms with van der Waals surface area (Å²) < 4.78 is 0. The second-order valence-corrected chi connectivity index (χ2v) is 11.9. The minimum atomic E-state index is -2.57. The standard InChI is InChI=1S/C27H31ClN2O7/c1-26(2)3-5-30(6-4-26)11-13-9-16(31)19-15(21(13)28)8-12-7-14-10-17(32)20(25(29)36)24(35)27(14,37)23(34)18(12)22(19)33/h9,12,14,31,33,35,37H,3-8,10-11H2,1-2H3,(H2,29,36)/t12?,14-,27-/m0/s1. The van der Waals surface area contributed by atoms with Crippen LogP contribution in [0.25, 0.3) is 5.76 Å². The normalized spacial score (nSPS) is 29.6. The summed E-state index contributed by atoms with van der Waals surface area (Å²) in [6.07, 6.45) is 2.00. The first-order valence-electron chi connectivity index (χ1n) is 12.5. The van der Waals surface area contributed by atoms with Crippen molar-refractivity contribution in [2.75, 3.05) is 13.1 Å². The molecular formula is C27H31ClN2O7. The third kappa shape index (κ3) is 3.86. The quantitative estimate of drug-likeness (QED) is 0.373. The molecular weight excluding hydrogens is 500 g/mol. The molecule has 3 aliphatic carbocycles. The average Bonchev–Trinajstić information content (AvgIpc) is 2.80. The smallest absolute Gasteiger partial charge is 0.255 e. The molecule has 1 saturated heterocycles. The Kier molecular flexibility index (Phi) is 5.97. The van der Waals surface area contributed by atoms with Crippen molar-refractivity contribution in [3.8, 4) is 5.75 Å². The van der Waals surface area contributed by atoms with Crippen LogP contribution in [0.3, 0.4) is 0 Å². The van der Waals surface area contributed by atoms with Crippen molar-refractivity contribution in [1.29, 1.82) is 0 Å². The molecule has 0 aromatic heterocycles. The number of carbonyl (C=O) groups is 3. The lowest BCUT2D eigenvalue weighted by molar-refractivity contribution is -0.147. The number of primary amides is 1. The van der Waals surface area contributed by atoms with Crippen molar-refractivity contribution in [2.24, 2.45) is 23.0 Å². The Morgan fingerprint density at radius 2 is 1.81 bits per heavy atom. The molecule has 10 heteroatoms. The number of fused-ring (bicyclic) bond motifs is 3. The van der Waals surface area contributed by atoms with E-state index in [2.05, 4.69) is 18.7 Å². The van der Waals surface area contributed by atoms with Crippen LogP contribution in [0.15, 0.2) is 23.0 Å². The van der Waals surface area contributed by atoms with E-state index in [0.29, 0.717) is 22.7 Å². The maximum Gasteiger partial charge on any atom is 0.255 e. The van der Waals surface area contributed by atoms with Crippen molar-refractivity contribution >= 4 is 34.8 Å². The first-order valence-corrected chi connectivity index (χ1v) is 12.9. The van der Waals surface area contributed by atoms with E-state index >= 15 is 0 Å². The van der Waals surface area contributed by atoms with Crippen molar-refractivity contribution < 1.29 is 34.8 Å². The van der Waals surface area contributed by atoms with Gasteiger partial charge in [0.1, 0.15) is 22.8 Å². The highest BCUT2D eigenvalue weighted by atomic mass is 35.5. The van der Waals surface area contributed by atoms with E-state index in [1.54, 1.807) is 0 Å². The predicted molar refractivity (Wildman–Crippen MR) is 135 cm³/mol. The van der Waals surface area contributed by atoms with E-state index in [1.165, 1.54) is 6.07 Å². The number of amides is 1. The zero-order valence-electron chi connectivity index (χ0n) is 20.8. The maximum absolute atomic E-state index is 13.6. The molecule has 1 aromatic rings. The van der Waals surface area contributed by atoms with E-state index in [0.717, 1.165) is 25.9 Å². The lowest BCUT2D eigenvalue weighted by Gasteiger charge is -2.46. The van der Waals surface area contributed by atoms with Gasteiger partial charge in [0.25, 0.3) is 5.91 Å². The van der Waals surface area contributed by atoms with Gasteiger partial charge in [0.05, 0.1) is 5.56 Å². The molecule has 1 aliphatic heterocycles. The summed E-state index contributed by atoms with van der Waals surface area (Å²) in [6.45, 7) is 6.80. The van der Waals surface area contributed by atoms with Gasteiger partial charge in [0, 0.05) is 29.5 Å². The maximum atomic E-state index is 13.6. The Morgan fingerprint density at radius 1 is 1.16 bits per heavy atom. The van der Waals surface area contributed by atoms with E-state index in [-0.39, 0.29) is 41.6 Å². The number of halogens is 1. The second-order valence-electron chi connectivity index (χ2n) is 11.6. The minimum absolute atomic E-state index is 0.0145. The molecule has 9 nitrogen and oxygen atoms in total. The van der Waals surface area contributed by atoms with Crippen LogP contribution in [0, 0.1) is 17.3 Å². The van der Waals surface area contributed by atoms with Gasteiger partial charge in [0.2, 0.25) is 5.78 Å². The zero-order chi connectivity index (χ0) is 27.0. The van der Waals surface area contributed by atoms with Crippen LogP contribution in [0.1, 0.15) is 56.2 Å². The van der Waals surface area contributed by atoms with Gasteiger partial charge in [0.15, 0.2) is 11.4 Å². The van der Waals surface area contributed by atoms with Crippen molar-refractivity contribution in [2.45, 2.75) is 58.1 Å². The van der Waals surface area contributed by atoms with Crippen LogP contribution in [-0.4, -0.2) is 61.5 Å². The van der Waals surface area contributed by atoms with E-state index in [1.807, 2.05) is 0 Å². The number of carbonyl (C=O) groups excluding carboxylic acids is 3. The molecule has 0 radical (unpaired) electrons. The fourth-order valence-electron chi connectivity index (χ4n) is 6.40. The molecule has 1 heterocycles. The SMILES string of the molecule is CC1(C)CCN(Cc2cc(O)c3c(c2Cl)CC2C[C@H]4CC(=O)C(C(N)=O)=C(O)[C@@]4(O)C(=O)C2=C3O)CC1. The number of piperidine rings is 1. The van der Waals surface area contributed by atoms with Gasteiger partial charge in [-0.1, -0.05) is 25.4 Å². The number of nitrogens with two attached hydrogens (primary N) is 1. The Balaban J connectivity index is 1.55. The molecule has 3 atom stereocenters. The summed E-state index contributed by atoms with van der Waals surface area (Å²) in [5.74, 6) is -6.48. The number of nitrogens with zero attached hydrogens (tertiary/aromatic N) is 1. The molecule has 5 rings (SSSR count). The number of benzene rings is 1. The highest BCUT2D eigenvalue weighted by Gasteiger charge is 2.60. The minimum Gasteiger partial charge on any atom is -0.508 e. The Bertz CT molecular complexity index is 1300. The average molecular weight is 531 g/mol. The lowest BCUT2D eigenvalue weighted by Crippen LogP contribution is -2.58. The van der Waals surface area contributed by atoms with Crippen molar-refractivity contribution in [3.63, 3.8) is 0 Å². The molecule has 1 aromatic carbocycles. The first kappa shape index (κ1) is 25.8. The summed E-state index contributed by atoms with van der Waals surface area (Å²) in [4.78, 5) is 40.1. The van der Waals surface area contributed by atoms with Crippen LogP contribution in [0.2, 0.25) is 5.02 Å². The van der Waals surface area contributed by atoms with Crippen LogP contribution in [0.5, 0.6) is 5.75 Å². The molecule has 2 fully saturated rings. The molecule has 1 saturated carbocycles. The number of phenolic OH excluding ortho intramolecular Hbond substituents is 1. The largest absolute Gasteiger partial charge is 0.508 e. The van der Waals surface area contributed by atoms with Crippen LogP contribution < -0.4 is 5.73 Å². The highest BCUT2D eigenvalue weighted by molar-refractivity contribution is 6.32. The van der Waals surface area contributed by atoms with Crippen LogP contribution in [-0.2, 0) is 27.3 Å². The van der Waals surface area contributed by atoms with Gasteiger partial charge in [-0.2, -0.15) is 0 Å². The van der Waals surface area contributed by atoms with Gasteiger partial charge in [-0.05, 0) is 67.3 Å². The number of likely N-dealkylation sites (tertiary alicyclic amines) is 1. The van der Waals surface area contributed by atoms with Gasteiger partial charge in [-0.3, -0.25) is 19.3 Å². The summed E-state index contributed by atoms with van der Waals surface area (Å²) >= 11 is 6.81. The summed E-state index contributed by atoms with van der Waals surface area (Å²) in [7, 11) is 0. The molecule has 198 valence electrons. The molecule has 1 unspecified atom stereocenters. The predicted octanol–water partition coefficient (Wildman–Crippen LogP) is 2.70. The molecule has 1 amide bonds. The van der Waals surface area contributed by atoms with E-state index < -0.39 is 52.0 Å². The molecule has 0 bridgehead atoms. The molecule has 0 spiro atoms. The van der Waals surface area contributed by atoms with Gasteiger partial charge in [-0.25, -0.2) is 0 Å². The Morgan fingerprint density at radius 3 is 2.43 bits per heavy atom. The van der Waals surface area contributed by atoms with Gasteiger partial charge in [-0.15, -0.1) is 0 Å². The topological polar surface area (TPSA) is 161 Å². The molecule has 37 heavy (non-hydrogen) atoms. The highest BCUT2D eigenvalue weighted by Crippen LogP contribution is 2.53. The molecule has 4 aliphatic rings. The Hall–Kier alpha value is -2.88. The summed E-state index contributed by atoms with van der Waals surface area (Å²) in [6, 6.07) is 1.49. The van der Waals surface area contributed by atoms with Crippen molar-refractivity contribution in [1.82, 2.24) is 4.90 Å². The Labute approximate surface area is 219 Å². The van der Waals surface area contributed by atoms with Crippen LogP contribution in [0.4, 0.5) is 0 Å². The summed E-state index contributed by atoms with van der Waals surface area (Å²) in [5.41, 5.74) is 3.17. The third-order valence-electron chi connectivity index (χ3n) is 8.68. The van der Waals surface area contributed by atoms with Crippen LogP contribution >= 0.6 is 11.6 Å². The fourth-order valence-corrected chi connectivity index (χ4v) is 6.68. The first-order chi connectivity index (χ1) is 17.3. The summed E-state index contributed by atoms with van der Waals surface area (Å²) in [5, 5.41) is 44.4. The number of phenols is 1. The lowest BCUT2D eigenvalue weighted by atomic mass is 9.59. The number of aromatic hydroxyl groups is 1. The number of Topliss-reactive ketones (excluding diaryl/α,β-unsaturated/α-hetero) is 2. The number of ketones is 2. The third-order valence-corrected chi connectivity index (χ3v) is 9.15. The number of hydrogen-bond acceptors (Lipinski definition) is 8. The number of hydrogen-bond donors (Lipinski definition) is 5. The monoisotopic (exact) mass is 530 g/mol. The van der Waals surface area contributed by atoms with Gasteiger partial charge < -0.3 is 26.2 Å². The van der Waals surface area contributed by atoms with Gasteiger partial charge >= 0.3 is 0 Å². The zero-order valence-corrected chi connectivity index (χ0v) is 21.6. The molecule has 6 N–H and O–H groups in total. The van der Waals surface area contributed by atoms with E-state index in [4.69, 9.17) is 17.3 Å². The number of rotatable bonds is 3. The fraction of sp³-hybridized carbons (Fsp3) is 0.519. The number of aliphatic hydroxyl groups is 3. The number of aliphatic hydroxyl groups excluding tert-OH is 2. The van der Waals surface area contributed by atoms with E-state index in [9.17, 15) is 34.8 Å². The van der Waals surface area contributed by atoms with Crippen molar-refractivity contribution in [3.05, 3.63) is 44.7 Å².